The minimum Gasteiger partial charge on any atom is -0.497 e. The van der Waals surface area contributed by atoms with Crippen molar-refractivity contribution in [2.75, 3.05) is 46.6 Å². The van der Waals surface area contributed by atoms with Gasteiger partial charge in [0.15, 0.2) is 0 Å². The van der Waals surface area contributed by atoms with E-state index in [4.69, 9.17) is 4.74 Å². The molecule has 96 valence electrons. The minimum atomic E-state index is 0.926. The van der Waals surface area contributed by atoms with Crippen LogP contribution in [-0.2, 0) is 0 Å². The third-order valence-electron chi connectivity index (χ3n) is 2.32. The molecule has 1 aromatic carbocycles. The van der Waals surface area contributed by atoms with E-state index in [1.165, 1.54) is 4.90 Å². The fourth-order valence-corrected chi connectivity index (χ4v) is 2.22. The van der Waals surface area contributed by atoms with E-state index >= 15 is 0 Å². The molecule has 0 radical (unpaired) electrons. The minimum absolute atomic E-state index is 0.926. The van der Waals surface area contributed by atoms with E-state index in [-0.39, 0.29) is 0 Å². The average molecular weight is 254 g/mol. The van der Waals surface area contributed by atoms with Gasteiger partial charge in [-0.05, 0) is 32.3 Å². The Balaban J connectivity index is 2.13. The quantitative estimate of drug-likeness (QED) is 0.566. The Morgan fingerprint density at radius 2 is 2.12 bits per heavy atom. The maximum absolute atomic E-state index is 5.19. The molecule has 1 rings (SSSR count). The van der Waals surface area contributed by atoms with Crippen molar-refractivity contribution in [3.8, 4) is 5.75 Å². The summed E-state index contributed by atoms with van der Waals surface area (Å²) in [5, 5.41) is 3.42. The van der Waals surface area contributed by atoms with Gasteiger partial charge < -0.3 is 15.0 Å². The third-order valence-corrected chi connectivity index (χ3v) is 3.32. The summed E-state index contributed by atoms with van der Waals surface area (Å²) < 4.78 is 5.19. The molecule has 1 aromatic rings. The van der Waals surface area contributed by atoms with Crippen LogP contribution in [0.4, 0.5) is 0 Å². The monoisotopic (exact) mass is 254 g/mol. The lowest BCUT2D eigenvalue weighted by atomic mass is 10.3. The summed E-state index contributed by atoms with van der Waals surface area (Å²) >= 11 is 1.85. The van der Waals surface area contributed by atoms with Crippen molar-refractivity contribution in [1.82, 2.24) is 10.2 Å². The van der Waals surface area contributed by atoms with Gasteiger partial charge in [0, 0.05) is 30.3 Å². The number of thioether (sulfide) groups is 1. The van der Waals surface area contributed by atoms with Crippen molar-refractivity contribution >= 4 is 11.8 Å². The molecule has 0 unspecified atom stereocenters. The second-order valence-corrected chi connectivity index (χ2v) is 5.25. The van der Waals surface area contributed by atoms with Gasteiger partial charge in [-0.3, -0.25) is 0 Å². The van der Waals surface area contributed by atoms with E-state index < -0.39 is 0 Å². The molecule has 0 amide bonds. The van der Waals surface area contributed by atoms with Crippen molar-refractivity contribution in [3.05, 3.63) is 24.3 Å². The topological polar surface area (TPSA) is 24.5 Å². The van der Waals surface area contributed by atoms with E-state index in [9.17, 15) is 0 Å². The van der Waals surface area contributed by atoms with Crippen LogP contribution in [0, 0.1) is 0 Å². The first kappa shape index (κ1) is 14.4. The largest absolute Gasteiger partial charge is 0.497 e. The van der Waals surface area contributed by atoms with Crippen LogP contribution in [0.15, 0.2) is 29.2 Å². The molecule has 17 heavy (non-hydrogen) atoms. The first-order valence-corrected chi connectivity index (χ1v) is 6.83. The number of nitrogens with zero attached hydrogens (tertiary/aromatic N) is 1. The fraction of sp³-hybridized carbons (Fsp3) is 0.538. The molecule has 4 heteroatoms. The Hall–Kier alpha value is -0.710. The number of rotatable bonds is 8. The molecule has 0 aliphatic carbocycles. The number of hydrogen-bond acceptors (Lipinski definition) is 4. The molecule has 0 saturated carbocycles. The zero-order chi connectivity index (χ0) is 12.5. The van der Waals surface area contributed by atoms with Crippen LogP contribution < -0.4 is 10.1 Å². The molecular formula is C13H22N2OS. The Morgan fingerprint density at radius 3 is 2.82 bits per heavy atom. The summed E-state index contributed by atoms with van der Waals surface area (Å²) in [6.45, 7) is 3.17. The third kappa shape index (κ3) is 6.56. The van der Waals surface area contributed by atoms with Gasteiger partial charge in [-0.15, -0.1) is 11.8 Å². The van der Waals surface area contributed by atoms with Crippen molar-refractivity contribution < 1.29 is 4.74 Å². The van der Waals surface area contributed by atoms with E-state index in [0.29, 0.717) is 0 Å². The van der Waals surface area contributed by atoms with E-state index in [1.54, 1.807) is 7.11 Å². The van der Waals surface area contributed by atoms with Crippen molar-refractivity contribution in [2.45, 2.75) is 4.90 Å². The standard InChI is InChI=1S/C13H22N2OS/c1-15(2)9-7-14-8-10-17-13-6-4-5-12(11-13)16-3/h4-6,11,14H,7-10H2,1-3H3. The van der Waals surface area contributed by atoms with Crippen molar-refractivity contribution in [3.63, 3.8) is 0 Å². The number of hydrogen-bond donors (Lipinski definition) is 1. The molecule has 0 saturated heterocycles. The Labute approximate surface area is 109 Å². The van der Waals surface area contributed by atoms with Gasteiger partial charge in [-0.25, -0.2) is 0 Å². The van der Waals surface area contributed by atoms with Gasteiger partial charge in [0.2, 0.25) is 0 Å². The van der Waals surface area contributed by atoms with Gasteiger partial charge in [0.05, 0.1) is 7.11 Å². The summed E-state index contributed by atoms with van der Waals surface area (Å²) in [7, 11) is 5.88. The van der Waals surface area contributed by atoms with Gasteiger partial charge >= 0.3 is 0 Å². The molecular weight excluding hydrogens is 232 g/mol. The van der Waals surface area contributed by atoms with Crippen LogP contribution in [0.1, 0.15) is 0 Å². The molecule has 0 aliphatic heterocycles. The molecule has 0 bridgehead atoms. The van der Waals surface area contributed by atoms with Crippen LogP contribution in [-0.4, -0.2) is 51.5 Å². The van der Waals surface area contributed by atoms with Crippen LogP contribution >= 0.6 is 11.8 Å². The lowest BCUT2D eigenvalue weighted by molar-refractivity contribution is 0.403. The molecule has 0 atom stereocenters. The smallest absolute Gasteiger partial charge is 0.119 e. The molecule has 0 heterocycles. The molecule has 1 N–H and O–H groups in total. The average Bonchev–Trinajstić information content (AvgIpc) is 2.33. The number of nitrogens with one attached hydrogen (secondary N) is 1. The predicted octanol–water partition coefficient (Wildman–Crippen LogP) is 1.94. The summed E-state index contributed by atoms with van der Waals surface area (Å²) in [5.41, 5.74) is 0. The second-order valence-electron chi connectivity index (χ2n) is 4.08. The number of ether oxygens (including phenoxy) is 1. The Kier molecular flexibility index (Phi) is 7.08. The number of likely N-dealkylation sites (N-methyl/N-ethyl adjacent to an activating group) is 1. The highest BCUT2D eigenvalue weighted by molar-refractivity contribution is 7.99. The summed E-state index contributed by atoms with van der Waals surface area (Å²) in [6, 6.07) is 8.19. The van der Waals surface area contributed by atoms with Gasteiger partial charge in [-0.1, -0.05) is 6.07 Å². The second kappa shape index (κ2) is 8.39. The summed E-state index contributed by atoms with van der Waals surface area (Å²) in [5.74, 6) is 2.01. The molecule has 0 aromatic heterocycles. The van der Waals surface area contributed by atoms with Crippen LogP contribution in [0.5, 0.6) is 5.75 Å². The lowest BCUT2D eigenvalue weighted by Gasteiger charge is -2.10. The van der Waals surface area contributed by atoms with E-state index in [2.05, 4.69) is 36.4 Å². The summed E-state index contributed by atoms with van der Waals surface area (Å²) in [6.07, 6.45) is 0. The molecule has 3 nitrogen and oxygen atoms in total. The highest BCUT2D eigenvalue weighted by atomic mass is 32.2. The van der Waals surface area contributed by atoms with Crippen LogP contribution in [0.2, 0.25) is 0 Å². The first-order valence-electron chi connectivity index (χ1n) is 5.84. The first-order chi connectivity index (χ1) is 8.22. The zero-order valence-electron chi connectivity index (χ0n) is 10.9. The number of methoxy groups -OCH3 is 1. The van der Waals surface area contributed by atoms with E-state index in [1.807, 2.05) is 23.9 Å². The van der Waals surface area contributed by atoms with Crippen LogP contribution in [0.25, 0.3) is 0 Å². The maximum atomic E-state index is 5.19. The molecule has 0 fully saturated rings. The lowest BCUT2D eigenvalue weighted by Crippen LogP contribution is -2.27. The molecule has 0 aliphatic rings. The fourth-order valence-electron chi connectivity index (χ4n) is 1.36. The van der Waals surface area contributed by atoms with Gasteiger partial charge in [-0.2, -0.15) is 0 Å². The Bertz CT molecular complexity index is 318. The van der Waals surface area contributed by atoms with Gasteiger partial charge in [0.25, 0.3) is 0 Å². The zero-order valence-corrected chi connectivity index (χ0v) is 11.7. The molecule has 0 spiro atoms. The SMILES string of the molecule is COc1cccc(SCCNCCN(C)C)c1. The van der Waals surface area contributed by atoms with Gasteiger partial charge in [0.1, 0.15) is 5.75 Å². The number of benzene rings is 1. The van der Waals surface area contributed by atoms with Crippen molar-refractivity contribution in [1.29, 1.82) is 0 Å². The highest BCUT2D eigenvalue weighted by Crippen LogP contribution is 2.22. The van der Waals surface area contributed by atoms with Crippen LogP contribution in [0.3, 0.4) is 0 Å². The maximum Gasteiger partial charge on any atom is 0.119 e. The van der Waals surface area contributed by atoms with E-state index in [0.717, 1.165) is 31.1 Å². The Morgan fingerprint density at radius 1 is 1.29 bits per heavy atom. The predicted molar refractivity (Wildman–Crippen MR) is 75.1 cm³/mol. The summed E-state index contributed by atoms with van der Waals surface area (Å²) in [4.78, 5) is 3.45. The normalized spacial score (nSPS) is 10.8. The van der Waals surface area contributed by atoms with Crippen molar-refractivity contribution in [2.24, 2.45) is 0 Å². The highest BCUT2D eigenvalue weighted by Gasteiger charge is 1.96.